The van der Waals surface area contributed by atoms with Gasteiger partial charge in [-0.15, -0.1) is 0 Å². The van der Waals surface area contributed by atoms with Crippen LogP contribution in [0.2, 0.25) is 0 Å². The van der Waals surface area contributed by atoms with Gasteiger partial charge in [-0.2, -0.15) is 0 Å². The summed E-state index contributed by atoms with van der Waals surface area (Å²) in [5.41, 5.74) is 2.78. The van der Waals surface area contributed by atoms with Crippen LogP contribution in [-0.4, -0.2) is 11.0 Å². The van der Waals surface area contributed by atoms with E-state index in [0.717, 1.165) is 5.92 Å². The maximum absolute atomic E-state index is 4.64. The van der Waals surface area contributed by atoms with E-state index in [1.54, 1.807) is 0 Å². The highest BCUT2D eigenvalue weighted by Gasteiger charge is 2.26. The maximum atomic E-state index is 4.64. The zero-order chi connectivity index (χ0) is 13.1. The molecule has 0 bridgehead atoms. The summed E-state index contributed by atoms with van der Waals surface area (Å²) in [5.74, 6) is 0.878. The summed E-state index contributed by atoms with van der Waals surface area (Å²) in [6.45, 7) is 2.38. The first-order valence-corrected chi connectivity index (χ1v) is 8.04. The summed E-state index contributed by atoms with van der Waals surface area (Å²) in [6, 6.07) is 5.45. The third-order valence-electron chi connectivity index (χ3n) is 5.02. The van der Waals surface area contributed by atoms with E-state index in [0.29, 0.717) is 12.1 Å². The third-order valence-corrected chi connectivity index (χ3v) is 5.02. The number of rotatable bonds is 3. The van der Waals surface area contributed by atoms with Crippen LogP contribution in [0.1, 0.15) is 69.2 Å². The summed E-state index contributed by atoms with van der Waals surface area (Å²) in [4.78, 5) is 4.64. The van der Waals surface area contributed by atoms with Crippen LogP contribution in [0, 0.1) is 5.92 Å². The van der Waals surface area contributed by atoms with E-state index in [4.69, 9.17) is 0 Å². The first kappa shape index (κ1) is 13.1. The Bertz CT molecular complexity index is 409. The lowest BCUT2D eigenvalue weighted by Gasteiger charge is -2.33. The van der Waals surface area contributed by atoms with Gasteiger partial charge in [0.2, 0.25) is 0 Å². The molecule has 1 unspecified atom stereocenters. The Hall–Kier alpha value is -0.890. The molecule has 2 heteroatoms. The molecule has 2 atom stereocenters. The fourth-order valence-corrected chi connectivity index (χ4v) is 3.86. The molecule has 1 heterocycles. The van der Waals surface area contributed by atoms with Crippen molar-refractivity contribution in [2.75, 3.05) is 0 Å². The minimum atomic E-state index is 0.488. The van der Waals surface area contributed by atoms with Crippen LogP contribution in [0.4, 0.5) is 0 Å². The molecule has 1 fully saturated rings. The van der Waals surface area contributed by atoms with Crippen molar-refractivity contribution >= 4 is 0 Å². The lowest BCUT2D eigenvalue weighted by molar-refractivity contribution is 0.255. The Morgan fingerprint density at radius 1 is 1.16 bits per heavy atom. The van der Waals surface area contributed by atoms with Gasteiger partial charge in [0.1, 0.15) is 0 Å². The van der Waals surface area contributed by atoms with E-state index in [-0.39, 0.29) is 0 Å². The van der Waals surface area contributed by atoms with Gasteiger partial charge < -0.3 is 5.32 Å². The van der Waals surface area contributed by atoms with Crippen molar-refractivity contribution in [3.05, 3.63) is 29.6 Å². The number of hydrogen-bond donors (Lipinski definition) is 1. The van der Waals surface area contributed by atoms with Crippen LogP contribution in [0.15, 0.2) is 18.3 Å². The molecule has 2 aliphatic rings. The molecule has 3 rings (SSSR count). The minimum Gasteiger partial charge on any atom is -0.306 e. The Morgan fingerprint density at radius 3 is 2.84 bits per heavy atom. The van der Waals surface area contributed by atoms with Gasteiger partial charge in [0.25, 0.3) is 0 Å². The molecule has 1 aromatic heterocycles. The quantitative estimate of drug-likeness (QED) is 0.886. The van der Waals surface area contributed by atoms with E-state index in [1.807, 2.05) is 6.20 Å². The smallest absolute Gasteiger partial charge is 0.0605 e. The Balaban J connectivity index is 1.66. The number of hydrogen-bond acceptors (Lipinski definition) is 2. The van der Waals surface area contributed by atoms with Gasteiger partial charge >= 0.3 is 0 Å². The van der Waals surface area contributed by atoms with Crippen molar-refractivity contribution in [3.8, 4) is 0 Å². The number of pyridine rings is 1. The Morgan fingerprint density at radius 2 is 2.00 bits per heavy atom. The predicted molar refractivity (Wildman–Crippen MR) is 79.1 cm³/mol. The van der Waals surface area contributed by atoms with Crippen molar-refractivity contribution in [1.82, 2.24) is 10.3 Å². The summed E-state index contributed by atoms with van der Waals surface area (Å²) in [6.07, 6.45) is 12.8. The molecule has 0 saturated heterocycles. The van der Waals surface area contributed by atoms with Crippen molar-refractivity contribution in [1.29, 1.82) is 0 Å². The predicted octanol–water partition coefficient (Wildman–Crippen LogP) is 4.02. The average molecular weight is 258 g/mol. The van der Waals surface area contributed by atoms with Gasteiger partial charge in [-0.3, -0.25) is 4.98 Å². The van der Waals surface area contributed by atoms with Crippen LogP contribution in [0.3, 0.4) is 0 Å². The van der Waals surface area contributed by atoms with Gasteiger partial charge in [-0.05, 0) is 56.6 Å². The molecule has 1 aromatic rings. The number of nitrogens with zero attached hydrogens (tertiary/aromatic N) is 1. The van der Waals surface area contributed by atoms with Gasteiger partial charge in [-0.25, -0.2) is 0 Å². The monoisotopic (exact) mass is 258 g/mol. The largest absolute Gasteiger partial charge is 0.306 e. The topological polar surface area (TPSA) is 24.9 Å². The molecule has 1 N–H and O–H groups in total. The zero-order valence-electron chi connectivity index (χ0n) is 12.1. The second-order valence-corrected chi connectivity index (χ2v) is 6.35. The Labute approximate surface area is 117 Å². The molecule has 0 aliphatic heterocycles. The van der Waals surface area contributed by atoms with Crippen LogP contribution < -0.4 is 5.32 Å². The molecular formula is C17H26N2. The molecule has 0 amide bonds. The summed E-state index contributed by atoms with van der Waals surface area (Å²) in [7, 11) is 0. The van der Waals surface area contributed by atoms with Crippen molar-refractivity contribution in [3.63, 3.8) is 0 Å². The number of aryl methyl sites for hydroxylation is 1. The van der Waals surface area contributed by atoms with Crippen LogP contribution in [-0.2, 0) is 6.42 Å². The molecule has 104 valence electrons. The summed E-state index contributed by atoms with van der Waals surface area (Å²) < 4.78 is 0. The SMILES string of the molecule is C[C@H](NC1CCCc2cccnc21)C1CCCCC1. The van der Waals surface area contributed by atoms with Gasteiger partial charge in [0.15, 0.2) is 0 Å². The van der Waals surface area contributed by atoms with Crippen molar-refractivity contribution in [2.24, 2.45) is 5.92 Å². The van der Waals surface area contributed by atoms with E-state index in [2.05, 4.69) is 29.4 Å². The average Bonchev–Trinajstić information content (AvgIpc) is 2.48. The van der Waals surface area contributed by atoms with Crippen LogP contribution >= 0.6 is 0 Å². The van der Waals surface area contributed by atoms with E-state index < -0.39 is 0 Å². The molecule has 0 radical (unpaired) electrons. The lowest BCUT2D eigenvalue weighted by Crippen LogP contribution is -2.38. The maximum Gasteiger partial charge on any atom is 0.0605 e. The lowest BCUT2D eigenvalue weighted by atomic mass is 9.83. The summed E-state index contributed by atoms with van der Waals surface area (Å²) in [5, 5.41) is 3.88. The normalized spacial score (nSPS) is 25.8. The minimum absolute atomic E-state index is 0.488. The first-order valence-electron chi connectivity index (χ1n) is 8.04. The van der Waals surface area contributed by atoms with E-state index in [9.17, 15) is 0 Å². The molecule has 0 aromatic carbocycles. The zero-order valence-corrected chi connectivity index (χ0v) is 12.1. The van der Waals surface area contributed by atoms with E-state index >= 15 is 0 Å². The van der Waals surface area contributed by atoms with Gasteiger partial charge in [-0.1, -0.05) is 25.3 Å². The second kappa shape index (κ2) is 6.04. The fourth-order valence-electron chi connectivity index (χ4n) is 3.86. The molecule has 19 heavy (non-hydrogen) atoms. The Kier molecular flexibility index (Phi) is 4.17. The second-order valence-electron chi connectivity index (χ2n) is 6.35. The fraction of sp³-hybridized carbons (Fsp3) is 0.706. The van der Waals surface area contributed by atoms with Crippen molar-refractivity contribution < 1.29 is 0 Å². The molecular weight excluding hydrogens is 232 g/mol. The van der Waals surface area contributed by atoms with Crippen LogP contribution in [0.25, 0.3) is 0 Å². The third kappa shape index (κ3) is 3.00. The standard InChI is InChI=1S/C17H26N2/c1-13(14-7-3-2-4-8-14)19-16-11-5-9-15-10-6-12-18-17(15)16/h6,10,12-14,16,19H,2-5,7-9,11H2,1H3/t13-,16?/m0/s1. The first-order chi connectivity index (χ1) is 9.34. The number of aromatic nitrogens is 1. The highest BCUT2D eigenvalue weighted by Crippen LogP contribution is 2.31. The molecule has 2 aliphatic carbocycles. The van der Waals surface area contributed by atoms with Crippen LogP contribution in [0.5, 0.6) is 0 Å². The highest BCUT2D eigenvalue weighted by molar-refractivity contribution is 5.25. The number of fused-ring (bicyclic) bond motifs is 1. The van der Waals surface area contributed by atoms with Gasteiger partial charge in [0.05, 0.1) is 5.69 Å². The van der Waals surface area contributed by atoms with E-state index in [1.165, 1.54) is 62.6 Å². The van der Waals surface area contributed by atoms with Gasteiger partial charge in [0, 0.05) is 18.3 Å². The summed E-state index contributed by atoms with van der Waals surface area (Å²) >= 11 is 0. The molecule has 1 saturated carbocycles. The molecule has 2 nitrogen and oxygen atoms in total. The highest BCUT2D eigenvalue weighted by atomic mass is 15.0. The number of nitrogens with one attached hydrogen (secondary N) is 1. The van der Waals surface area contributed by atoms with Crippen molar-refractivity contribution in [2.45, 2.75) is 70.4 Å². The molecule has 0 spiro atoms.